The van der Waals surface area contributed by atoms with Gasteiger partial charge in [0.15, 0.2) is 5.96 Å². The lowest BCUT2D eigenvalue weighted by atomic mass is 9.79. The van der Waals surface area contributed by atoms with Crippen LogP contribution in [0.2, 0.25) is 0 Å². The summed E-state index contributed by atoms with van der Waals surface area (Å²) in [5.41, 5.74) is 0.120. The zero-order chi connectivity index (χ0) is 17.3. The van der Waals surface area contributed by atoms with Gasteiger partial charge in [0.2, 0.25) is 0 Å². The Morgan fingerprint density at radius 2 is 1.87 bits per heavy atom. The maximum atomic E-state index is 9.35. The van der Waals surface area contributed by atoms with Crippen LogP contribution in [0.25, 0.3) is 0 Å². The van der Waals surface area contributed by atoms with E-state index >= 15 is 0 Å². The first-order valence-electron chi connectivity index (χ1n) is 9.31. The summed E-state index contributed by atoms with van der Waals surface area (Å²) in [4.78, 5) is 7.14. The molecule has 0 aliphatic heterocycles. The van der Waals surface area contributed by atoms with Crippen LogP contribution >= 0.6 is 0 Å². The number of likely N-dealkylation sites (N-methyl/N-ethyl adjacent to an activating group) is 1. The third-order valence-corrected chi connectivity index (χ3v) is 5.37. The second kappa shape index (κ2) is 10.1. The number of aliphatic hydroxyl groups excluding tert-OH is 1. The van der Waals surface area contributed by atoms with Crippen molar-refractivity contribution in [2.45, 2.75) is 58.9 Å². The van der Waals surface area contributed by atoms with Crippen LogP contribution in [-0.4, -0.2) is 62.3 Å². The lowest BCUT2D eigenvalue weighted by Gasteiger charge is -2.30. The van der Waals surface area contributed by atoms with E-state index in [0.29, 0.717) is 6.04 Å². The van der Waals surface area contributed by atoms with Crippen LogP contribution in [0, 0.1) is 11.3 Å². The first-order chi connectivity index (χ1) is 11.0. The maximum Gasteiger partial charge on any atom is 0.191 e. The van der Waals surface area contributed by atoms with Gasteiger partial charge in [-0.3, -0.25) is 4.99 Å². The normalized spacial score (nSPS) is 17.4. The average molecular weight is 327 g/mol. The van der Waals surface area contributed by atoms with Crippen molar-refractivity contribution >= 4 is 5.96 Å². The average Bonchev–Trinajstić information content (AvgIpc) is 3.36. The molecular weight excluding hydrogens is 288 g/mol. The quantitative estimate of drug-likeness (QED) is 0.402. The van der Waals surface area contributed by atoms with Gasteiger partial charge in [0.25, 0.3) is 0 Å². The molecule has 1 atom stereocenters. The molecule has 0 bridgehead atoms. The lowest BCUT2D eigenvalue weighted by molar-refractivity contribution is 0.175. The molecule has 1 fully saturated rings. The number of rotatable bonds is 11. The van der Waals surface area contributed by atoms with Crippen molar-refractivity contribution in [3.8, 4) is 0 Å². The molecule has 0 aromatic heterocycles. The minimum absolute atomic E-state index is 0.120. The van der Waals surface area contributed by atoms with Gasteiger partial charge >= 0.3 is 0 Å². The SMILES string of the molecule is CCNC(=NCC(CC)(CC)CCO)NCC(C1CC1)N(C)C. The summed E-state index contributed by atoms with van der Waals surface area (Å²) in [5, 5.41) is 16.2. The van der Waals surface area contributed by atoms with Crippen LogP contribution in [0.4, 0.5) is 0 Å². The molecule has 0 aromatic carbocycles. The van der Waals surface area contributed by atoms with Crippen molar-refractivity contribution in [1.82, 2.24) is 15.5 Å². The molecule has 5 heteroatoms. The molecular formula is C18H38N4O. The van der Waals surface area contributed by atoms with Gasteiger partial charge in [0, 0.05) is 32.3 Å². The standard InChI is InChI=1S/C18H38N4O/c1-6-18(7-2,11-12-23)14-21-17(19-8-3)20-13-16(22(4)5)15-9-10-15/h15-16,23H,6-14H2,1-5H3,(H2,19,20,21). The van der Waals surface area contributed by atoms with Crippen LogP contribution in [-0.2, 0) is 0 Å². The third kappa shape index (κ3) is 6.68. The molecule has 0 amide bonds. The molecule has 0 heterocycles. The minimum Gasteiger partial charge on any atom is -0.396 e. The highest BCUT2D eigenvalue weighted by Crippen LogP contribution is 2.34. The van der Waals surface area contributed by atoms with E-state index in [0.717, 1.165) is 50.8 Å². The van der Waals surface area contributed by atoms with Gasteiger partial charge in [0.1, 0.15) is 0 Å². The summed E-state index contributed by atoms with van der Waals surface area (Å²) < 4.78 is 0. The number of aliphatic hydroxyl groups is 1. The Labute approximate surface area is 142 Å². The molecule has 0 radical (unpaired) electrons. The summed E-state index contributed by atoms with van der Waals surface area (Å²) in [5.74, 6) is 1.74. The number of guanidine groups is 1. The summed E-state index contributed by atoms with van der Waals surface area (Å²) in [6.07, 6.45) is 5.63. The molecule has 23 heavy (non-hydrogen) atoms. The first kappa shape index (κ1) is 20.2. The van der Waals surface area contributed by atoms with E-state index in [1.165, 1.54) is 12.8 Å². The predicted octanol–water partition coefficient (Wildman–Crippen LogP) is 2.07. The van der Waals surface area contributed by atoms with Gasteiger partial charge in [-0.1, -0.05) is 13.8 Å². The summed E-state index contributed by atoms with van der Waals surface area (Å²) >= 11 is 0. The van der Waals surface area contributed by atoms with E-state index in [9.17, 15) is 5.11 Å². The number of hydrogen-bond acceptors (Lipinski definition) is 3. The highest BCUT2D eigenvalue weighted by atomic mass is 16.3. The van der Waals surface area contributed by atoms with Crippen molar-refractivity contribution in [2.75, 3.05) is 40.3 Å². The topological polar surface area (TPSA) is 59.9 Å². The summed E-state index contributed by atoms with van der Waals surface area (Å²) in [6, 6.07) is 0.582. The van der Waals surface area contributed by atoms with Crippen LogP contribution in [0.15, 0.2) is 4.99 Å². The lowest BCUT2D eigenvalue weighted by Crippen LogP contribution is -2.46. The molecule has 3 N–H and O–H groups in total. The largest absolute Gasteiger partial charge is 0.396 e. The minimum atomic E-state index is 0.120. The molecule has 1 rings (SSSR count). The van der Waals surface area contributed by atoms with Gasteiger partial charge in [-0.15, -0.1) is 0 Å². The van der Waals surface area contributed by atoms with Crippen molar-refractivity contribution < 1.29 is 5.11 Å². The molecule has 5 nitrogen and oxygen atoms in total. The molecule has 1 unspecified atom stereocenters. The van der Waals surface area contributed by atoms with Crippen LogP contribution in [0.3, 0.4) is 0 Å². The van der Waals surface area contributed by atoms with Crippen LogP contribution < -0.4 is 10.6 Å². The van der Waals surface area contributed by atoms with Gasteiger partial charge in [-0.25, -0.2) is 0 Å². The molecule has 136 valence electrons. The molecule has 0 saturated heterocycles. The van der Waals surface area contributed by atoms with Gasteiger partial charge < -0.3 is 20.6 Å². The van der Waals surface area contributed by atoms with Crippen molar-refractivity contribution in [1.29, 1.82) is 0 Å². The molecule has 0 spiro atoms. The Morgan fingerprint density at radius 3 is 2.30 bits per heavy atom. The third-order valence-electron chi connectivity index (χ3n) is 5.37. The van der Waals surface area contributed by atoms with Crippen LogP contribution in [0.5, 0.6) is 0 Å². The highest BCUT2D eigenvalue weighted by Gasteiger charge is 2.32. The fourth-order valence-electron chi connectivity index (χ4n) is 3.19. The monoisotopic (exact) mass is 326 g/mol. The fourth-order valence-corrected chi connectivity index (χ4v) is 3.19. The Hall–Kier alpha value is -0.810. The maximum absolute atomic E-state index is 9.35. The smallest absolute Gasteiger partial charge is 0.191 e. The van der Waals surface area contributed by atoms with E-state index in [4.69, 9.17) is 4.99 Å². The summed E-state index contributed by atoms with van der Waals surface area (Å²) in [6.45, 7) is 9.32. The second-order valence-corrected chi connectivity index (χ2v) is 7.13. The second-order valence-electron chi connectivity index (χ2n) is 7.13. The number of hydrogen-bond donors (Lipinski definition) is 3. The summed E-state index contributed by atoms with van der Waals surface area (Å²) in [7, 11) is 4.32. The zero-order valence-corrected chi connectivity index (χ0v) is 15.9. The Kier molecular flexibility index (Phi) is 8.92. The van der Waals surface area contributed by atoms with Gasteiger partial charge in [0.05, 0.1) is 0 Å². The molecule has 1 aliphatic rings. The predicted molar refractivity (Wildman–Crippen MR) is 98.9 cm³/mol. The number of aliphatic imine (C=N–C) groups is 1. The highest BCUT2D eigenvalue weighted by molar-refractivity contribution is 5.79. The van der Waals surface area contributed by atoms with E-state index < -0.39 is 0 Å². The van der Waals surface area contributed by atoms with Crippen molar-refractivity contribution in [3.05, 3.63) is 0 Å². The number of nitrogens with one attached hydrogen (secondary N) is 2. The van der Waals surface area contributed by atoms with Crippen molar-refractivity contribution in [2.24, 2.45) is 16.3 Å². The van der Waals surface area contributed by atoms with Crippen LogP contribution in [0.1, 0.15) is 52.9 Å². The molecule has 1 aliphatic carbocycles. The van der Waals surface area contributed by atoms with E-state index in [-0.39, 0.29) is 12.0 Å². The van der Waals surface area contributed by atoms with Gasteiger partial charge in [-0.05, 0) is 64.5 Å². The van der Waals surface area contributed by atoms with E-state index in [1.807, 2.05) is 0 Å². The Morgan fingerprint density at radius 1 is 1.22 bits per heavy atom. The molecule has 0 aromatic rings. The Bertz CT molecular complexity index is 347. The molecule has 1 saturated carbocycles. The van der Waals surface area contributed by atoms with E-state index in [1.54, 1.807) is 0 Å². The zero-order valence-electron chi connectivity index (χ0n) is 15.9. The number of nitrogens with zero attached hydrogens (tertiary/aromatic N) is 2. The van der Waals surface area contributed by atoms with Gasteiger partial charge in [-0.2, -0.15) is 0 Å². The first-order valence-corrected chi connectivity index (χ1v) is 9.31. The Balaban J connectivity index is 2.64. The van der Waals surface area contributed by atoms with E-state index in [2.05, 4.69) is 50.4 Å². The fraction of sp³-hybridized carbons (Fsp3) is 0.944. The van der Waals surface area contributed by atoms with Crippen molar-refractivity contribution in [3.63, 3.8) is 0 Å².